The van der Waals surface area contributed by atoms with Gasteiger partial charge in [0.2, 0.25) is 11.9 Å². The third-order valence-corrected chi connectivity index (χ3v) is 6.03. The van der Waals surface area contributed by atoms with Crippen LogP contribution in [0.25, 0.3) is 22.4 Å². The van der Waals surface area contributed by atoms with Crippen LogP contribution in [-0.4, -0.2) is 42.2 Å². The Bertz CT molecular complexity index is 1310. The normalized spacial score (nSPS) is 18.5. The Morgan fingerprint density at radius 3 is 2.66 bits per heavy atom. The number of anilines is 2. The van der Waals surface area contributed by atoms with Crippen LogP contribution in [0.2, 0.25) is 0 Å². The summed E-state index contributed by atoms with van der Waals surface area (Å²) in [6.45, 7) is 0.138. The molecule has 0 aliphatic heterocycles. The molecule has 0 atom stereocenters. The van der Waals surface area contributed by atoms with Gasteiger partial charge in [-0.3, -0.25) is 5.10 Å². The predicted octanol–water partition coefficient (Wildman–Crippen LogP) is 4.12. The van der Waals surface area contributed by atoms with Gasteiger partial charge in [0.1, 0.15) is 5.69 Å². The number of alkyl halides is 3. The zero-order chi connectivity index (χ0) is 24.4. The van der Waals surface area contributed by atoms with Gasteiger partial charge in [-0.1, -0.05) is 12.1 Å². The highest BCUT2D eigenvalue weighted by Crippen LogP contribution is 2.30. The molecule has 0 spiro atoms. The highest BCUT2D eigenvalue weighted by molar-refractivity contribution is 5.89. The largest absolute Gasteiger partial charge is 0.416 e. The van der Waals surface area contributed by atoms with Crippen LogP contribution in [0.3, 0.4) is 0 Å². The molecule has 4 aromatic rings. The van der Waals surface area contributed by atoms with E-state index in [1.54, 1.807) is 24.5 Å². The first-order chi connectivity index (χ1) is 16.8. The third kappa shape index (κ3) is 5.32. The molecule has 5 rings (SSSR count). The molecule has 1 aliphatic rings. The first-order valence-electron chi connectivity index (χ1n) is 11.3. The standard InChI is InChI=1S/C23H24F3N9/c24-23(25,26)14-3-1-2-13(10-14)11-29-21-28-9-8-18(32-21)19-17-12-30-22(33-20(17)35-34-19)31-16-6-4-15(27)5-7-16/h1-3,8-10,12,15-16H,4-7,11,27H2,(H,28,29,32)(H2,30,31,33,34,35). The van der Waals surface area contributed by atoms with E-state index < -0.39 is 11.7 Å². The molecule has 1 fully saturated rings. The van der Waals surface area contributed by atoms with Crippen molar-refractivity contribution < 1.29 is 13.2 Å². The van der Waals surface area contributed by atoms with Gasteiger partial charge in [-0.05, 0) is 49.4 Å². The van der Waals surface area contributed by atoms with E-state index in [2.05, 4.69) is 40.8 Å². The van der Waals surface area contributed by atoms with E-state index in [0.717, 1.165) is 37.8 Å². The van der Waals surface area contributed by atoms with Crippen molar-refractivity contribution in [3.05, 3.63) is 53.9 Å². The third-order valence-electron chi connectivity index (χ3n) is 6.03. The van der Waals surface area contributed by atoms with Gasteiger partial charge < -0.3 is 16.4 Å². The van der Waals surface area contributed by atoms with Gasteiger partial charge in [0.05, 0.1) is 16.6 Å². The fourth-order valence-electron chi connectivity index (χ4n) is 4.13. The minimum Gasteiger partial charge on any atom is -0.351 e. The Kier molecular flexibility index (Phi) is 6.20. The van der Waals surface area contributed by atoms with Gasteiger partial charge in [0.25, 0.3) is 0 Å². The summed E-state index contributed by atoms with van der Waals surface area (Å²) in [6.07, 6.45) is 2.77. The number of H-pyrrole nitrogens is 1. The molecule has 5 N–H and O–H groups in total. The van der Waals surface area contributed by atoms with E-state index in [-0.39, 0.29) is 18.5 Å². The van der Waals surface area contributed by atoms with E-state index in [9.17, 15) is 13.2 Å². The molecule has 1 aliphatic carbocycles. The molecule has 0 unspecified atom stereocenters. The molecule has 0 bridgehead atoms. The van der Waals surface area contributed by atoms with Gasteiger partial charge in [-0.15, -0.1) is 0 Å². The molecule has 3 aromatic heterocycles. The predicted molar refractivity (Wildman–Crippen MR) is 125 cm³/mol. The lowest BCUT2D eigenvalue weighted by Crippen LogP contribution is -2.33. The number of aromatic nitrogens is 6. The monoisotopic (exact) mass is 483 g/mol. The van der Waals surface area contributed by atoms with Crippen LogP contribution in [0.4, 0.5) is 25.1 Å². The Morgan fingerprint density at radius 2 is 1.86 bits per heavy atom. The average Bonchev–Trinajstić information content (AvgIpc) is 3.27. The zero-order valence-corrected chi connectivity index (χ0v) is 18.7. The van der Waals surface area contributed by atoms with Gasteiger partial charge >= 0.3 is 6.18 Å². The SMILES string of the molecule is NC1CCC(Nc2ncc3c(-c4ccnc(NCc5cccc(C(F)(F)F)c5)n4)n[nH]c3n2)CC1. The first-order valence-corrected chi connectivity index (χ1v) is 11.3. The van der Waals surface area contributed by atoms with Crippen LogP contribution in [0.5, 0.6) is 0 Å². The summed E-state index contributed by atoms with van der Waals surface area (Å²) in [5.41, 5.74) is 7.40. The second-order valence-electron chi connectivity index (χ2n) is 8.60. The minimum absolute atomic E-state index is 0.138. The van der Waals surface area contributed by atoms with Crippen molar-refractivity contribution >= 4 is 22.9 Å². The van der Waals surface area contributed by atoms with Crippen molar-refractivity contribution in [2.24, 2.45) is 5.73 Å². The summed E-state index contributed by atoms with van der Waals surface area (Å²) in [7, 11) is 0. The molecule has 9 nitrogen and oxygen atoms in total. The van der Waals surface area contributed by atoms with Gasteiger partial charge in [-0.2, -0.15) is 23.3 Å². The average molecular weight is 484 g/mol. The van der Waals surface area contributed by atoms with Crippen molar-refractivity contribution in [3.8, 4) is 11.4 Å². The fourth-order valence-corrected chi connectivity index (χ4v) is 4.13. The Morgan fingerprint density at radius 1 is 1.03 bits per heavy atom. The zero-order valence-electron chi connectivity index (χ0n) is 18.7. The van der Waals surface area contributed by atoms with Crippen molar-refractivity contribution in [2.45, 2.75) is 50.5 Å². The topological polar surface area (TPSA) is 130 Å². The molecule has 3 heterocycles. The van der Waals surface area contributed by atoms with Crippen molar-refractivity contribution in [1.82, 2.24) is 30.1 Å². The van der Waals surface area contributed by atoms with Crippen LogP contribution in [0, 0.1) is 0 Å². The Labute approximate surface area is 198 Å². The van der Waals surface area contributed by atoms with Crippen LogP contribution in [-0.2, 0) is 12.7 Å². The quantitative estimate of drug-likeness (QED) is 0.322. The van der Waals surface area contributed by atoms with Crippen LogP contribution in [0.15, 0.2) is 42.7 Å². The number of nitrogens with one attached hydrogen (secondary N) is 3. The molecule has 1 aromatic carbocycles. The fraction of sp³-hybridized carbons (Fsp3) is 0.348. The molecule has 0 radical (unpaired) electrons. The molecular formula is C23H24F3N9. The summed E-state index contributed by atoms with van der Waals surface area (Å²) in [4.78, 5) is 17.6. The van der Waals surface area contributed by atoms with Gasteiger partial charge in [-0.25, -0.2) is 15.0 Å². The molecule has 12 heteroatoms. The summed E-state index contributed by atoms with van der Waals surface area (Å²) >= 11 is 0. The molecule has 1 saturated carbocycles. The number of fused-ring (bicyclic) bond motifs is 1. The molecule has 35 heavy (non-hydrogen) atoms. The molecule has 182 valence electrons. The second-order valence-corrected chi connectivity index (χ2v) is 8.60. The van der Waals surface area contributed by atoms with Gasteiger partial charge in [0, 0.05) is 31.0 Å². The smallest absolute Gasteiger partial charge is 0.351 e. The summed E-state index contributed by atoms with van der Waals surface area (Å²) in [6, 6.07) is 7.38. The van der Waals surface area contributed by atoms with Crippen molar-refractivity contribution in [1.29, 1.82) is 0 Å². The number of hydrogen-bond acceptors (Lipinski definition) is 8. The van der Waals surface area contributed by atoms with Crippen LogP contribution in [0.1, 0.15) is 36.8 Å². The number of aromatic amines is 1. The molecule has 0 amide bonds. The lowest BCUT2D eigenvalue weighted by atomic mass is 9.92. The van der Waals surface area contributed by atoms with Crippen molar-refractivity contribution in [3.63, 3.8) is 0 Å². The summed E-state index contributed by atoms with van der Waals surface area (Å²) in [5, 5.41) is 14.3. The maximum Gasteiger partial charge on any atom is 0.416 e. The maximum absolute atomic E-state index is 13.0. The molecule has 0 saturated heterocycles. The summed E-state index contributed by atoms with van der Waals surface area (Å²) < 4.78 is 38.9. The minimum atomic E-state index is -4.39. The number of hydrogen-bond donors (Lipinski definition) is 4. The lowest BCUT2D eigenvalue weighted by Gasteiger charge is -2.26. The van der Waals surface area contributed by atoms with Crippen molar-refractivity contribution in [2.75, 3.05) is 10.6 Å². The number of halogens is 3. The maximum atomic E-state index is 13.0. The van der Waals surface area contributed by atoms with E-state index in [1.165, 1.54) is 6.07 Å². The first kappa shape index (κ1) is 23.0. The Balaban J connectivity index is 1.30. The van der Waals surface area contributed by atoms with Crippen LogP contribution >= 0.6 is 0 Å². The highest BCUT2D eigenvalue weighted by Gasteiger charge is 2.30. The highest BCUT2D eigenvalue weighted by atomic mass is 19.4. The van der Waals surface area contributed by atoms with E-state index in [4.69, 9.17) is 5.73 Å². The number of nitrogens with zero attached hydrogens (tertiary/aromatic N) is 5. The van der Waals surface area contributed by atoms with Crippen LogP contribution < -0.4 is 16.4 Å². The van der Waals surface area contributed by atoms with Gasteiger partial charge in [0.15, 0.2) is 5.65 Å². The molecular weight excluding hydrogens is 459 g/mol. The Hall–Kier alpha value is -3.80. The van der Waals surface area contributed by atoms with E-state index in [1.807, 2.05) is 0 Å². The summed E-state index contributed by atoms with van der Waals surface area (Å²) in [5.74, 6) is 0.796. The number of nitrogens with two attached hydrogens (primary N) is 1. The van der Waals surface area contributed by atoms with E-state index in [0.29, 0.717) is 40.0 Å². The lowest BCUT2D eigenvalue weighted by molar-refractivity contribution is -0.137. The second kappa shape index (κ2) is 9.45. The number of benzene rings is 1. The number of rotatable bonds is 6. The van der Waals surface area contributed by atoms with E-state index >= 15 is 0 Å².